The van der Waals surface area contributed by atoms with Crippen LogP contribution < -0.4 is 0 Å². The van der Waals surface area contributed by atoms with Gasteiger partial charge in [-0.05, 0) is 42.3 Å². The topological polar surface area (TPSA) is 32.6 Å². The summed E-state index contributed by atoms with van der Waals surface area (Å²) in [5.74, 6) is 0.231. The van der Waals surface area contributed by atoms with Gasteiger partial charge in [-0.25, -0.2) is 0 Å². The van der Waals surface area contributed by atoms with Gasteiger partial charge in [0, 0.05) is 22.4 Å². The molecule has 0 saturated heterocycles. The van der Waals surface area contributed by atoms with Gasteiger partial charge in [0.2, 0.25) is 0 Å². The summed E-state index contributed by atoms with van der Waals surface area (Å²) in [6, 6.07) is 21.0. The molecule has 0 fully saturated rings. The molecule has 3 aromatic rings. The lowest BCUT2D eigenvalue weighted by Crippen LogP contribution is -1.86. The van der Waals surface area contributed by atoms with Crippen molar-refractivity contribution < 1.29 is 5.11 Å². The molecule has 0 radical (unpaired) electrons. The van der Waals surface area contributed by atoms with Crippen molar-refractivity contribution in [3.8, 4) is 16.9 Å². The zero-order valence-corrected chi connectivity index (χ0v) is 13.5. The normalized spacial score (nSPS) is 11.0. The number of aryl methyl sites for hydroxylation is 1. The molecule has 23 heavy (non-hydrogen) atoms. The van der Waals surface area contributed by atoms with Crippen LogP contribution in [0.1, 0.15) is 11.1 Å². The minimum atomic E-state index is 0.231. The summed E-state index contributed by atoms with van der Waals surface area (Å²) in [4.78, 5) is 4.47. The molecule has 0 spiro atoms. The van der Waals surface area contributed by atoms with Gasteiger partial charge in [0.05, 0.1) is 5.69 Å². The Morgan fingerprint density at radius 1 is 0.957 bits per heavy atom. The molecule has 0 aromatic heterocycles. The highest BCUT2D eigenvalue weighted by Crippen LogP contribution is 2.31. The fourth-order valence-electron chi connectivity index (χ4n) is 2.42. The smallest absolute Gasteiger partial charge is 0.132 e. The third kappa shape index (κ3) is 3.43. The van der Waals surface area contributed by atoms with E-state index in [1.165, 1.54) is 0 Å². The van der Waals surface area contributed by atoms with Gasteiger partial charge in [-0.1, -0.05) is 54.1 Å². The van der Waals surface area contributed by atoms with Crippen molar-refractivity contribution in [2.24, 2.45) is 4.99 Å². The van der Waals surface area contributed by atoms with Crippen LogP contribution in [0.25, 0.3) is 11.1 Å². The van der Waals surface area contributed by atoms with Crippen LogP contribution in [0.2, 0.25) is 5.02 Å². The fraction of sp³-hybridized carbons (Fsp3) is 0.0500. The van der Waals surface area contributed by atoms with Crippen LogP contribution >= 0.6 is 11.6 Å². The Kier molecular flexibility index (Phi) is 4.45. The van der Waals surface area contributed by atoms with E-state index in [9.17, 15) is 5.11 Å². The van der Waals surface area contributed by atoms with Gasteiger partial charge in [0.25, 0.3) is 0 Å². The molecule has 0 saturated carbocycles. The number of halogens is 1. The Morgan fingerprint density at radius 2 is 1.74 bits per heavy atom. The number of rotatable bonds is 3. The van der Waals surface area contributed by atoms with Crippen LogP contribution in [-0.4, -0.2) is 11.3 Å². The van der Waals surface area contributed by atoms with E-state index in [1.807, 2.05) is 73.7 Å². The first kappa shape index (κ1) is 15.3. The van der Waals surface area contributed by atoms with E-state index in [-0.39, 0.29) is 5.75 Å². The Bertz CT molecular complexity index is 857. The first-order valence-electron chi connectivity index (χ1n) is 7.33. The van der Waals surface area contributed by atoms with Crippen molar-refractivity contribution in [1.29, 1.82) is 0 Å². The van der Waals surface area contributed by atoms with E-state index in [4.69, 9.17) is 11.6 Å². The van der Waals surface area contributed by atoms with Crippen molar-refractivity contribution in [2.75, 3.05) is 0 Å². The number of phenols is 1. The van der Waals surface area contributed by atoms with Gasteiger partial charge in [-0.15, -0.1) is 0 Å². The van der Waals surface area contributed by atoms with Gasteiger partial charge in [0.15, 0.2) is 0 Å². The van der Waals surface area contributed by atoms with Gasteiger partial charge in [0.1, 0.15) is 5.75 Å². The van der Waals surface area contributed by atoms with Gasteiger partial charge < -0.3 is 5.11 Å². The Morgan fingerprint density at radius 3 is 2.48 bits per heavy atom. The van der Waals surface area contributed by atoms with Crippen LogP contribution in [-0.2, 0) is 0 Å². The monoisotopic (exact) mass is 321 g/mol. The highest BCUT2D eigenvalue weighted by molar-refractivity contribution is 6.30. The van der Waals surface area contributed by atoms with Crippen LogP contribution in [0.3, 0.4) is 0 Å². The number of aromatic hydroxyl groups is 1. The summed E-state index contributed by atoms with van der Waals surface area (Å²) < 4.78 is 0. The molecular weight excluding hydrogens is 306 g/mol. The summed E-state index contributed by atoms with van der Waals surface area (Å²) in [7, 11) is 0. The Hall–Kier alpha value is -2.58. The zero-order valence-electron chi connectivity index (χ0n) is 12.7. The molecule has 3 rings (SSSR count). The lowest BCUT2D eigenvalue weighted by molar-refractivity contribution is 0.476. The van der Waals surface area contributed by atoms with Gasteiger partial charge in [-0.2, -0.15) is 0 Å². The molecule has 2 nitrogen and oxygen atoms in total. The first-order valence-corrected chi connectivity index (χ1v) is 7.70. The largest absolute Gasteiger partial charge is 0.507 e. The van der Waals surface area contributed by atoms with Crippen molar-refractivity contribution in [1.82, 2.24) is 0 Å². The molecule has 0 heterocycles. The number of para-hydroxylation sites is 1. The number of hydrogen-bond donors (Lipinski definition) is 1. The molecule has 0 bridgehead atoms. The second-order valence-electron chi connectivity index (χ2n) is 5.30. The lowest BCUT2D eigenvalue weighted by Gasteiger charge is -2.07. The van der Waals surface area contributed by atoms with E-state index >= 15 is 0 Å². The first-order chi connectivity index (χ1) is 11.1. The number of phenolic OH excluding ortho intramolecular Hbond substituents is 1. The van der Waals surface area contributed by atoms with Crippen LogP contribution in [0, 0.1) is 6.92 Å². The average molecular weight is 322 g/mol. The lowest BCUT2D eigenvalue weighted by atomic mass is 10.0. The molecule has 0 aliphatic heterocycles. The zero-order chi connectivity index (χ0) is 16.2. The van der Waals surface area contributed by atoms with Crippen molar-refractivity contribution in [2.45, 2.75) is 6.92 Å². The maximum absolute atomic E-state index is 10.5. The summed E-state index contributed by atoms with van der Waals surface area (Å²) in [6.07, 6.45) is 1.68. The minimum absolute atomic E-state index is 0.231. The fourth-order valence-corrected chi connectivity index (χ4v) is 2.65. The van der Waals surface area contributed by atoms with E-state index in [0.29, 0.717) is 10.6 Å². The summed E-state index contributed by atoms with van der Waals surface area (Å²) in [5.41, 5.74) is 4.28. The summed E-state index contributed by atoms with van der Waals surface area (Å²) >= 11 is 5.96. The number of nitrogens with zero attached hydrogens (tertiary/aromatic N) is 1. The quantitative estimate of drug-likeness (QED) is 0.610. The van der Waals surface area contributed by atoms with Crippen LogP contribution in [0.5, 0.6) is 5.75 Å². The molecule has 114 valence electrons. The number of aliphatic imine (C=N–C) groups is 1. The third-order valence-electron chi connectivity index (χ3n) is 3.65. The van der Waals surface area contributed by atoms with Gasteiger partial charge in [-0.3, -0.25) is 4.99 Å². The second kappa shape index (κ2) is 6.67. The SMILES string of the molecule is Cc1cc(Cl)ccc1N=Cc1cccc(-c2ccccc2)c1O. The maximum atomic E-state index is 10.5. The highest BCUT2D eigenvalue weighted by atomic mass is 35.5. The van der Waals surface area contributed by atoms with Crippen molar-refractivity contribution in [3.63, 3.8) is 0 Å². The van der Waals surface area contributed by atoms with Crippen LogP contribution in [0.15, 0.2) is 71.7 Å². The van der Waals surface area contributed by atoms with Crippen LogP contribution in [0.4, 0.5) is 5.69 Å². The molecule has 1 N–H and O–H groups in total. The molecule has 0 atom stereocenters. The molecule has 0 aliphatic carbocycles. The van der Waals surface area contributed by atoms with E-state index in [1.54, 1.807) is 6.21 Å². The predicted molar refractivity (Wildman–Crippen MR) is 97.0 cm³/mol. The molecule has 0 amide bonds. The van der Waals surface area contributed by atoms with E-state index < -0.39 is 0 Å². The standard InChI is InChI=1S/C20H16ClNO/c1-14-12-17(21)10-11-19(14)22-13-16-8-5-9-18(20(16)23)15-6-3-2-4-7-15/h2-13,23H,1H3. The predicted octanol–water partition coefficient (Wildman–Crippen LogP) is 5.77. The molecular formula is C20H16ClNO. The van der Waals surface area contributed by atoms with E-state index in [2.05, 4.69) is 4.99 Å². The Labute approximate surface area is 140 Å². The summed E-state index contributed by atoms with van der Waals surface area (Å²) in [6.45, 7) is 1.96. The minimum Gasteiger partial charge on any atom is -0.507 e. The second-order valence-corrected chi connectivity index (χ2v) is 5.73. The molecule has 3 aromatic carbocycles. The van der Waals surface area contributed by atoms with E-state index in [0.717, 1.165) is 22.4 Å². The maximum Gasteiger partial charge on any atom is 0.132 e. The number of hydrogen-bond acceptors (Lipinski definition) is 2. The molecule has 0 unspecified atom stereocenters. The van der Waals surface area contributed by atoms with Crippen molar-refractivity contribution >= 4 is 23.5 Å². The number of benzene rings is 3. The molecule has 0 aliphatic rings. The van der Waals surface area contributed by atoms with Gasteiger partial charge >= 0.3 is 0 Å². The highest BCUT2D eigenvalue weighted by Gasteiger charge is 2.07. The average Bonchev–Trinajstić information content (AvgIpc) is 2.56. The molecule has 3 heteroatoms. The third-order valence-corrected chi connectivity index (χ3v) is 3.89. The van der Waals surface area contributed by atoms with Crippen molar-refractivity contribution in [3.05, 3.63) is 82.9 Å². The Balaban J connectivity index is 1.96. The summed E-state index contributed by atoms with van der Waals surface area (Å²) in [5, 5.41) is 11.2.